The van der Waals surface area contributed by atoms with Gasteiger partial charge in [0.2, 0.25) is 0 Å². The van der Waals surface area contributed by atoms with Crippen molar-refractivity contribution in [1.29, 1.82) is 0 Å². The molecule has 1 aliphatic carbocycles. The highest BCUT2D eigenvalue weighted by atomic mass is 16.2. The summed E-state index contributed by atoms with van der Waals surface area (Å²) in [4.78, 5) is 12.0. The predicted molar refractivity (Wildman–Crippen MR) is 82.2 cm³/mol. The van der Waals surface area contributed by atoms with Gasteiger partial charge >= 0.3 is 0 Å². The van der Waals surface area contributed by atoms with Gasteiger partial charge in [0.1, 0.15) is 0 Å². The summed E-state index contributed by atoms with van der Waals surface area (Å²) in [6.45, 7) is 4.63. The van der Waals surface area contributed by atoms with E-state index in [0.29, 0.717) is 12.0 Å². The second-order valence-corrected chi connectivity index (χ2v) is 6.10. The monoisotopic (exact) mass is 270 g/mol. The Morgan fingerprint density at radius 1 is 1.25 bits per heavy atom. The molecule has 1 fully saturated rings. The van der Waals surface area contributed by atoms with E-state index in [0.717, 1.165) is 22.7 Å². The van der Waals surface area contributed by atoms with Crippen LogP contribution in [0.2, 0.25) is 0 Å². The largest absolute Gasteiger partial charge is 0.387 e. The first-order valence-electron chi connectivity index (χ1n) is 7.54. The van der Waals surface area contributed by atoms with Gasteiger partial charge in [-0.15, -0.1) is 0 Å². The second kappa shape index (κ2) is 5.31. The SMILES string of the molecule is CC1CCCC(N/C=C2\C(=O)Nc3ccccc32)C1C. The van der Waals surface area contributed by atoms with Gasteiger partial charge in [0.15, 0.2) is 0 Å². The van der Waals surface area contributed by atoms with Crippen molar-refractivity contribution in [1.82, 2.24) is 5.32 Å². The number of para-hydroxylation sites is 1. The zero-order valence-corrected chi connectivity index (χ0v) is 12.1. The van der Waals surface area contributed by atoms with E-state index in [1.165, 1.54) is 19.3 Å². The fourth-order valence-corrected chi connectivity index (χ4v) is 3.29. The van der Waals surface area contributed by atoms with E-state index in [1.54, 1.807) is 0 Å². The van der Waals surface area contributed by atoms with E-state index in [9.17, 15) is 4.79 Å². The van der Waals surface area contributed by atoms with E-state index < -0.39 is 0 Å². The Bertz CT molecular complexity index is 550. The van der Waals surface area contributed by atoms with Gasteiger partial charge in [-0.25, -0.2) is 0 Å². The van der Waals surface area contributed by atoms with Crippen molar-refractivity contribution in [2.24, 2.45) is 11.8 Å². The molecule has 0 spiro atoms. The lowest BCUT2D eigenvalue weighted by Crippen LogP contribution is -2.38. The Kier molecular flexibility index (Phi) is 3.51. The number of carbonyl (C=O) groups is 1. The van der Waals surface area contributed by atoms with Crippen LogP contribution in [0.25, 0.3) is 5.57 Å². The lowest BCUT2D eigenvalue weighted by Gasteiger charge is -2.34. The van der Waals surface area contributed by atoms with Crippen LogP contribution < -0.4 is 10.6 Å². The predicted octanol–water partition coefficient (Wildman–Crippen LogP) is 3.39. The van der Waals surface area contributed by atoms with Gasteiger partial charge in [0.25, 0.3) is 5.91 Å². The Balaban J connectivity index is 1.78. The molecule has 1 aromatic rings. The number of amides is 1. The molecular weight excluding hydrogens is 248 g/mol. The van der Waals surface area contributed by atoms with Gasteiger partial charge in [-0.05, 0) is 24.3 Å². The van der Waals surface area contributed by atoms with Crippen molar-refractivity contribution < 1.29 is 4.79 Å². The molecule has 2 aliphatic rings. The number of nitrogens with one attached hydrogen (secondary N) is 2. The number of anilines is 1. The molecule has 3 unspecified atom stereocenters. The molecule has 1 saturated carbocycles. The molecule has 3 heteroatoms. The second-order valence-electron chi connectivity index (χ2n) is 6.10. The third-order valence-electron chi connectivity index (χ3n) is 4.86. The molecule has 0 bridgehead atoms. The molecule has 3 rings (SSSR count). The Morgan fingerprint density at radius 3 is 2.90 bits per heavy atom. The van der Waals surface area contributed by atoms with Crippen LogP contribution >= 0.6 is 0 Å². The molecule has 0 aromatic heterocycles. The van der Waals surface area contributed by atoms with Gasteiger partial charge in [-0.2, -0.15) is 0 Å². The van der Waals surface area contributed by atoms with Crippen LogP contribution in [-0.2, 0) is 4.79 Å². The Hall–Kier alpha value is -1.77. The molecule has 0 radical (unpaired) electrons. The zero-order chi connectivity index (χ0) is 14.1. The molecule has 0 saturated heterocycles. The summed E-state index contributed by atoms with van der Waals surface area (Å²) in [6, 6.07) is 8.33. The molecule has 1 amide bonds. The smallest absolute Gasteiger partial charge is 0.257 e. The quantitative estimate of drug-likeness (QED) is 0.809. The first kappa shape index (κ1) is 13.2. The van der Waals surface area contributed by atoms with Gasteiger partial charge in [-0.1, -0.05) is 44.9 Å². The maximum Gasteiger partial charge on any atom is 0.257 e. The molecule has 3 nitrogen and oxygen atoms in total. The molecular formula is C17H22N2O. The van der Waals surface area contributed by atoms with Gasteiger partial charge in [0, 0.05) is 23.5 Å². The normalized spacial score (nSPS) is 31.0. The lowest BCUT2D eigenvalue weighted by molar-refractivity contribution is -0.110. The van der Waals surface area contributed by atoms with Crippen molar-refractivity contribution >= 4 is 17.2 Å². The summed E-state index contributed by atoms with van der Waals surface area (Å²) in [5.41, 5.74) is 2.67. The maximum absolute atomic E-state index is 12.0. The first-order valence-corrected chi connectivity index (χ1v) is 7.54. The van der Waals surface area contributed by atoms with Crippen molar-refractivity contribution in [3.63, 3.8) is 0 Å². The number of benzene rings is 1. The highest BCUT2D eigenvalue weighted by molar-refractivity contribution is 6.31. The summed E-state index contributed by atoms with van der Waals surface area (Å²) < 4.78 is 0. The summed E-state index contributed by atoms with van der Waals surface area (Å²) >= 11 is 0. The summed E-state index contributed by atoms with van der Waals surface area (Å²) in [6.07, 6.45) is 5.70. The van der Waals surface area contributed by atoms with Crippen LogP contribution in [0.4, 0.5) is 5.69 Å². The van der Waals surface area contributed by atoms with E-state index in [2.05, 4.69) is 24.5 Å². The maximum atomic E-state index is 12.0. The highest BCUT2D eigenvalue weighted by Gasteiger charge is 2.28. The number of hydrogen-bond donors (Lipinski definition) is 2. The van der Waals surface area contributed by atoms with Gasteiger partial charge in [-0.3, -0.25) is 4.79 Å². The minimum absolute atomic E-state index is 0.00443. The van der Waals surface area contributed by atoms with Crippen LogP contribution in [-0.4, -0.2) is 11.9 Å². The van der Waals surface area contributed by atoms with Crippen molar-refractivity contribution in [2.45, 2.75) is 39.2 Å². The molecule has 20 heavy (non-hydrogen) atoms. The van der Waals surface area contributed by atoms with Gasteiger partial charge in [0.05, 0.1) is 5.57 Å². The van der Waals surface area contributed by atoms with E-state index >= 15 is 0 Å². The van der Waals surface area contributed by atoms with Crippen LogP contribution in [0.5, 0.6) is 0 Å². The first-order chi connectivity index (χ1) is 9.66. The molecule has 106 valence electrons. The number of hydrogen-bond acceptors (Lipinski definition) is 2. The van der Waals surface area contributed by atoms with Crippen LogP contribution in [0.3, 0.4) is 0 Å². The number of carbonyl (C=O) groups excluding carboxylic acids is 1. The molecule has 1 aliphatic heterocycles. The fourth-order valence-electron chi connectivity index (χ4n) is 3.29. The Morgan fingerprint density at radius 2 is 2.05 bits per heavy atom. The van der Waals surface area contributed by atoms with Gasteiger partial charge < -0.3 is 10.6 Å². The number of rotatable bonds is 2. The van der Waals surface area contributed by atoms with Crippen LogP contribution in [0, 0.1) is 11.8 Å². The van der Waals surface area contributed by atoms with E-state index in [-0.39, 0.29) is 5.91 Å². The van der Waals surface area contributed by atoms with Crippen molar-refractivity contribution in [2.75, 3.05) is 5.32 Å². The molecule has 1 heterocycles. The number of fused-ring (bicyclic) bond motifs is 1. The van der Waals surface area contributed by atoms with Crippen molar-refractivity contribution in [3.05, 3.63) is 36.0 Å². The average Bonchev–Trinajstić information content (AvgIpc) is 2.76. The molecule has 3 atom stereocenters. The lowest BCUT2D eigenvalue weighted by atomic mass is 9.78. The fraction of sp³-hybridized carbons (Fsp3) is 0.471. The topological polar surface area (TPSA) is 41.1 Å². The van der Waals surface area contributed by atoms with E-state index in [1.807, 2.05) is 30.5 Å². The van der Waals surface area contributed by atoms with E-state index in [4.69, 9.17) is 0 Å². The standard InChI is InChI=1S/C17H22N2O/c1-11-6-5-9-15(12(11)2)18-10-14-13-7-3-4-8-16(13)19-17(14)20/h3-4,7-8,10-12,15,18H,5-6,9H2,1-2H3,(H,19,20)/b14-10-. The van der Waals surface area contributed by atoms with Crippen LogP contribution in [0.1, 0.15) is 38.7 Å². The zero-order valence-electron chi connectivity index (χ0n) is 12.1. The van der Waals surface area contributed by atoms with Crippen molar-refractivity contribution in [3.8, 4) is 0 Å². The Labute approximate surface area is 120 Å². The third-order valence-corrected chi connectivity index (χ3v) is 4.86. The summed E-state index contributed by atoms with van der Waals surface area (Å²) in [5, 5.41) is 6.40. The summed E-state index contributed by atoms with van der Waals surface area (Å²) in [7, 11) is 0. The molecule has 2 N–H and O–H groups in total. The summed E-state index contributed by atoms with van der Waals surface area (Å²) in [5.74, 6) is 1.40. The third kappa shape index (κ3) is 2.33. The molecule has 1 aromatic carbocycles. The highest BCUT2D eigenvalue weighted by Crippen LogP contribution is 2.32. The average molecular weight is 270 g/mol. The minimum atomic E-state index is -0.00443. The minimum Gasteiger partial charge on any atom is -0.387 e. The van der Waals surface area contributed by atoms with Crippen LogP contribution in [0.15, 0.2) is 30.5 Å².